The van der Waals surface area contributed by atoms with Gasteiger partial charge in [0.25, 0.3) is 0 Å². The molecule has 1 heterocycles. The Kier molecular flexibility index (Phi) is 5.22. The molecule has 1 amide bonds. The Morgan fingerprint density at radius 2 is 2.26 bits per heavy atom. The van der Waals surface area contributed by atoms with Crippen LogP contribution < -0.4 is 10.6 Å². The van der Waals surface area contributed by atoms with Gasteiger partial charge in [-0.05, 0) is 45.4 Å². The van der Waals surface area contributed by atoms with E-state index in [0.29, 0.717) is 12.5 Å². The van der Waals surface area contributed by atoms with Crippen LogP contribution in [0, 0.1) is 0 Å². The third kappa shape index (κ3) is 4.18. The molecule has 1 aliphatic heterocycles. The second-order valence-corrected chi connectivity index (χ2v) is 6.16. The molecular weight excluding hydrogens is 240 g/mol. The number of carbonyl (C=O) groups excluding carboxylic acids is 1. The summed E-state index contributed by atoms with van der Waals surface area (Å²) in [5, 5.41) is 6.53. The number of amides is 1. The van der Waals surface area contributed by atoms with Gasteiger partial charge in [0.1, 0.15) is 0 Å². The van der Waals surface area contributed by atoms with Crippen molar-refractivity contribution in [2.75, 3.05) is 13.2 Å². The summed E-state index contributed by atoms with van der Waals surface area (Å²) in [5.41, 5.74) is 0.189. The monoisotopic (exact) mass is 268 g/mol. The SMILES string of the molecule is CCC(C)NC(=O)CCNC1CCOC2(CCC2)C1. The Morgan fingerprint density at radius 3 is 2.89 bits per heavy atom. The molecule has 0 aromatic rings. The van der Waals surface area contributed by atoms with E-state index in [1.807, 2.05) is 6.92 Å². The third-order valence-corrected chi connectivity index (χ3v) is 4.56. The number of rotatable bonds is 6. The van der Waals surface area contributed by atoms with E-state index in [2.05, 4.69) is 17.6 Å². The summed E-state index contributed by atoms with van der Waals surface area (Å²) in [6.45, 7) is 5.78. The van der Waals surface area contributed by atoms with Gasteiger partial charge in [-0.15, -0.1) is 0 Å². The first-order chi connectivity index (χ1) is 9.13. The summed E-state index contributed by atoms with van der Waals surface area (Å²) in [4.78, 5) is 11.7. The fourth-order valence-electron chi connectivity index (χ4n) is 2.96. The van der Waals surface area contributed by atoms with Gasteiger partial charge >= 0.3 is 0 Å². The normalized spacial score (nSPS) is 26.7. The van der Waals surface area contributed by atoms with E-state index >= 15 is 0 Å². The topological polar surface area (TPSA) is 50.4 Å². The lowest BCUT2D eigenvalue weighted by Gasteiger charge is -2.47. The lowest BCUT2D eigenvalue weighted by atomic mass is 9.74. The maximum Gasteiger partial charge on any atom is 0.221 e. The second-order valence-electron chi connectivity index (χ2n) is 6.16. The molecule has 0 bridgehead atoms. The lowest BCUT2D eigenvalue weighted by Crippen LogP contribution is -2.51. The van der Waals surface area contributed by atoms with Crippen molar-refractivity contribution in [3.8, 4) is 0 Å². The molecule has 2 N–H and O–H groups in total. The zero-order chi connectivity index (χ0) is 13.7. The summed E-state index contributed by atoms with van der Waals surface area (Å²) >= 11 is 0. The molecular formula is C15H28N2O2. The molecule has 2 unspecified atom stereocenters. The Balaban J connectivity index is 1.61. The van der Waals surface area contributed by atoms with Crippen LogP contribution in [0.4, 0.5) is 0 Å². The zero-order valence-corrected chi connectivity index (χ0v) is 12.3. The first kappa shape index (κ1) is 14.8. The van der Waals surface area contributed by atoms with E-state index in [-0.39, 0.29) is 17.6 Å². The average molecular weight is 268 g/mol. The molecule has 4 nitrogen and oxygen atoms in total. The van der Waals surface area contributed by atoms with Crippen LogP contribution >= 0.6 is 0 Å². The molecule has 19 heavy (non-hydrogen) atoms. The van der Waals surface area contributed by atoms with Crippen molar-refractivity contribution in [2.24, 2.45) is 0 Å². The number of hydrogen-bond donors (Lipinski definition) is 2. The lowest BCUT2D eigenvalue weighted by molar-refractivity contribution is -0.135. The maximum atomic E-state index is 11.7. The molecule has 2 aliphatic rings. The van der Waals surface area contributed by atoms with Crippen LogP contribution in [-0.4, -0.2) is 36.7 Å². The van der Waals surface area contributed by atoms with Gasteiger partial charge < -0.3 is 15.4 Å². The minimum Gasteiger partial charge on any atom is -0.375 e. The van der Waals surface area contributed by atoms with Crippen LogP contribution in [0.3, 0.4) is 0 Å². The highest BCUT2D eigenvalue weighted by Gasteiger charge is 2.42. The highest BCUT2D eigenvalue weighted by molar-refractivity contribution is 5.76. The van der Waals surface area contributed by atoms with Gasteiger partial charge in [0, 0.05) is 31.7 Å². The molecule has 4 heteroatoms. The highest BCUT2D eigenvalue weighted by atomic mass is 16.5. The van der Waals surface area contributed by atoms with E-state index < -0.39 is 0 Å². The van der Waals surface area contributed by atoms with E-state index in [9.17, 15) is 4.79 Å². The molecule has 1 saturated heterocycles. The van der Waals surface area contributed by atoms with E-state index in [0.717, 1.165) is 32.4 Å². The van der Waals surface area contributed by atoms with Gasteiger partial charge in [0.2, 0.25) is 5.91 Å². The second kappa shape index (κ2) is 6.71. The first-order valence-electron chi connectivity index (χ1n) is 7.80. The number of nitrogens with one attached hydrogen (secondary N) is 2. The summed E-state index contributed by atoms with van der Waals surface area (Å²) in [5.74, 6) is 0.160. The van der Waals surface area contributed by atoms with Crippen molar-refractivity contribution in [3.63, 3.8) is 0 Å². The molecule has 2 atom stereocenters. The maximum absolute atomic E-state index is 11.7. The standard InChI is InChI=1S/C15H28N2O2/c1-3-12(2)17-14(18)5-9-16-13-6-10-19-15(11-13)7-4-8-15/h12-13,16H,3-11H2,1-2H3,(H,17,18). The molecule has 1 saturated carbocycles. The molecule has 110 valence electrons. The number of hydrogen-bond acceptors (Lipinski definition) is 3. The summed E-state index contributed by atoms with van der Waals surface area (Å²) in [7, 11) is 0. The van der Waals surface area contributed by atoms with Crippen LogP contribution in [0.5, 0.6) is 0 Å². The molecule has 1 aliphatic carbocycles. The molecule has 0 aromatic heterocycles. The quantitative estimate of drug-likeness (QED) is 0.774. The molecule has 0 radical (unpaired) electrons. The molecule has 1 spiro atoms. The van der Waals surface area contributed by atoms with Crippen molar-refractivity contribution in [2.45, 2.75) is 76.5 Å². The van der Waals surface area contributed by atoms with E-state index in [1.165, 1.54) is 19.3 Å². The zero-order valence-electron chi connectivity index (χ0n) is 12.3. The van der Waals surface area contributed by atoms with Crippen LogP contribution in [0.25, 0.3) is 0 Å². The fourth-order valence-corrected chi connectivity index (χ4v) is 2.96. The third-order valence-electron chi connectivity index (χ3n) is 4.56. The van der Waals surface area contributed by atoms with Crippen molar-refractivity contribution >= 4 is 5.91 Å². The summed E-state index contributed by atoms with van der Waals surface area (Å²) < 4.78 is 5.91. The highest BCUT2D eigenvalue weighted by Crippen LogP contribution is 2.42. The van der Waals surface area contributed by atoms with Crippen molar-refractivity contribution in [1.29, 1.82) is 0 Å². The Bertz CT molecular complexity index is 303. The summed E-state index contributed by atoms with van der Waals surface area (Å²) in [6.07, 6.45) is 7.52. The average Bonchev–Trinajstić information content (AvgIpc) is 2.37. The first-order valence-corrected chi connectivity index (χ1v) is 7.80. The number of ether oxygens (including phenoxy) is 1. The largest absolute Gasteiger partial charge is 0.375 e. The molecule has 2 fully saturated rings. The van der Waals surface area contributed by atoms with Gasteiger partial charge in [-0.3, -0.25) is 4.79 Å². The van der Waals surface area contributed by atoms with E-state index in [1.54, 1.807) is 0 Å². The van der Waals surface area contributed by atoms with Crippen LogP contribution in [0.1, 0.15) is 58.8 Å². The minimum atomic E-state index is 0.160. The Labute approximate surface area is 116 Å². The van der Waals surface area contributed by atoms with Gasteiger partial charge in [-0.1, -0.05) is 6.92 Å². The smallest absolute Gasteiger partial charge is 0.221 e. The fraction of sp³-hybridized carbons (Fsp3) is 0.933. The van der Waals surface area contributed by atoms with Gasteiger partial charge in [-0.25, -0.2) is 0 Å². The predicted octanol–water partition coefficient (Wildman–Crippen LogP) is 1.98. The van der Waals surface area contributed by atoms with Gasteiger partial charge in [0.15, 0.2) is 0 Å². The van der Waals surface area contributed by atoms with Crippen molar-refractivity contribution < 1.29 is 9.53 Å². The van der Waals surface area contributed by atoms with Crippen molar-refractivity contribution in [1.82, 2.24) is 10.6 Å². The Morgan fingerprint density at radius 1 is 1.47 bits per heavy atom. The molecule has 0 aromatic carbocycles. The summed E-state index contributed by atoms with van der Waals surface area (Å²) in [6, 6.07) is 0.819. The van der Waals surface area contributed by atoms with Crippen LogP contribution in [0.2, 0.25) is 0 Å². The predicted molar refractivity (Wildman–Crippen MR) is 76.1 cm³/mol. The van der Waals surface area contributed by atoms with Crippen LogP contribution in [-0.2, 0) is 9.53 Å². The Hall–Kier alpha value is -0.610. The van der Waals surface area contributed by atoms with E-state index in [4.69, 9.17) is 4.74 Å². The van der Waals surface area contributed by atoms with Gasteiger partial charge in [-0.2, -0.15) is 0 Å². The number of carbonyl (C=O) groups is 1. The molecule has 2 rings (SSSR count). The minimum absolute atomic E-state index is 0.160. The van der Waals surface area contributed by atoms with Crippen LogP contribution in [0.15, 0.2) is 0 Å². The van der Waals surface area contributed by atoms with Crippen molar-refractivity contribution in [3.05, 3.63) is 0 Å². The van der Waals surface area contributed by atoms with Gasteiger partial charge in [0.05, 0.1) is 5.60 Å².